The molecule has 4 atom stereocenters. The van der Waals surface area contributed by atoms with E-state index in [1.807, 2.05) is 0 Å². The fourth-order valence-electron chi connectivity index (χ4n) is 3.55. The highest BCUT2D eigenvalue weighted by atomic mass is 16.5. The van der Waals surface area contributed by atoms with Crippen LogP contribution in [-0.4, -0.2) is 49.3 Å². The number of likely N-dealkylation sites (N-methyl/N-ethyl adjacent to an activating group) is 1. The molecule has 0 aromatic carbocycles. The van der Waals surface area contributed by atoms with Crippen LogP contribution in [0.3, 0.4) is 0 Å². The monoisotopic (exact) mass is 240 g/mol. The largest absolute Gasteiger partial charge is 0.373 e. The molecule has 2 unspecified atom stereocenters. The van der Waals surface area contributed by atoms with Crippen LogP contribution in [0.25, 0.3) is 0 Å². The van der Waals surface area contributed by atoms with Crippen LogP contribution in [-0.2, 0) is 4.74 Å². The lowest BCUT2D eigenvalue weighted by Crippen LogP contribution is -2.56. The van der Waals surface area contributed by atoms with Crippen molar-refractivity contribution in [2.75, 3.05) is 20.1 Å². The van der Waals surface area contributed by atoms with Gasteiger partial charge in [-0.3, -0.25) is 4.90 Å². The smallest absolute Gasteiger partial charge is 0.0678 e. The molecule has 0 aromatic heterocycles. The Balaban J connectivity index is 2.01. The van der Waals surface area contributed by atoms with E-state index in [0.29, 0.717) is 18.2 Å². The van der Waals surface area contributed by atoms with Crippen LogP contribution in [0.1, 0.15) is 46.0 Å². The number of rotatable bonds is 2. The van der Waals surface area contributed by atoms with Crippen molar-refractivity contribution in [2.24, 2.45) is 0 Å². The summed E-state index contributed by atoms with van der Waals surface area (Å²) in [6.45, 7) is 6.61. The van der Waals surface area contributed by atoms with Crippen molar-refractivity contribution in [3.8, 4) is 0 Å². The molecule has 3 heteroatoms. The van der Waals surface area contributed by atoms with Gasteiger partial charge in [-0.25, -0.2) is 0 Å². The average molecular weight is 240 g/mol. The van der Waals surface area contributed by atoms with Crippen molar-refractivity contribution in [3.05, 3.63) is 0 Å². The lowest BCUT2D eigenvalue weighted by molar-refractivity contribution is -0.0847. The predicted molar refractivity (Wildman–Crippen MR) is 71.3 cm³/mol. The molecule has 17 heavy (non-hydrogen) atoms. The van der Waals surface area contributed by atoms with Gasteiger partial charge in [-0.2, -0.15) is 0 Å². The Labute approximate surface area is 106 Å². The van der Waals surface area contributed by atoms with Gasteiger partial charge in [-0.15, -0.1) is 0 Å². The second-order valence-electron chi connectivity index (χ2n) is 5.81. The summed E-state index contributed by atoms with van der Waals surface area (Å²) in [5, 5.41) is 3.54. The molecule has 0 amide bonds. The minimum absolute atomic E-state index is 0.388. The molecule has 1 aliphatic heterocycles. The van der Waals surface area contributed by atoms with Crippen LogP contribution in [0.4, 0.5) is 0 Å². The third kappa shape index (κ3) is 3.43. The van der Waals surface area contributed by atoms with Crippen molar-refractivity contribution in [1.82, 2.24) is 10.2 Å². The van der Waals surface area contributed by atoms with E-state index in [0.717, 1.165) is 19.1 Å². The molecule has 1 saturated carbocycles. The molecule has 1 N–H and O–H groups in total. The van der Waals surface area contributed by atoms with Crippen molar-refractivity contribution in [1.29, 1.82) is 0 Å². The van der Waals surface area contributed by atoms with Gasteiger partial charge in [0.15, 0.2) is 0 Å². The number of ether oxygens (including phenoxy) is 1. The van der Waals surface area contributed by atoms with Gasteiger partial charge in [0.2, 0.25) is 0 Å². The molecule has 0 radical (unpaired) electrons. The van der Waals surface area contributed by atoms with Crippen molar-refractivity contribution in [3.63, 3.8) is 0 Å². The molecule has 100 valence electrons. The Hall–Kier alpha value is -0.120. The number of hydrogen-bond acceptors (Lipinski definition) is 3. The molecular formula is C14H28N2O. The lowest BCUT2D eigenvalue weighted by atomic mass is 9.99. The highest BCUT2D eigenvalue weighted by molar-refractivity contribution is 4.89. The molecule has 3 nitrogen and oxygen atoms in total. The van der Waals surface area contributed by atoms with E-state index in [2.05, 4.69) is 31.1 Å². The summed E-state index contributed by atoms with van der Waals surface area (Å²) in [6.07, 6.45) is 7.65. The molecule has 1 saturated heterocycles. The highest BCUT2D eigenvalue weighted by Gasteiger charge is 2.32. The molecule has 1 heterocycles. The van der Waals surface area contributed by atoms with Crippen molar-refractivity contribution < 1.29 is 4.74 Å². The first-order valence-electron chi connectivity index (χ1n) is 7.27. The zero-order chi connectivity index (χ0) is 12.3. The van der Waals surface area contributed by atoms with E-state index < -0.39 is 0 Å². The third-order valence-electron chi connectivity index (χ3n) is 4.27. The second-order valence-corrected chi connectivity index (χ2v) is 5.81. The minimum atomic E-state index is 0.388. The Morgan fingerprint density at radius 3 is 2.29 bits per heavy atom. The first kappa shape index (κ1) is 13.3. The van der Waals surface area contributed by atoms with Crippen LogP contribution >= 0.6 is 0 Å². The molecule has 2 aliphatic rings. The summed E-state index contributed by atoms with van der Waals surface area (Å²) >= 11 is 0. The van der Waals surface area contributed by atoms with Gasteiger partial charge in [0.05, 0.1) is 12.2 Å². The highest BCUT2D eigenvalue weighted by Crippen LogP contribution is 2.25. The quantitative estimate of drug-likeness (QED) is 0.747. The number of nitrogens with one attached hydrogen (secondary N) is 1. The SMILES string of the molecule is CNC1CCCCCC1N1C[C@@H](C)O[C@@H](C)C1. The van der Waals surface area contributed by atoms with Gasteiger partial charge >= 0.3 is 0 Å². The fourth-order valence-corrected chi connectivity index (χ4v) is 3.55. The molecule has 0 spiro atoms. The van der Waals surface area contributed by atoms with Gasteiger partial charge in [0.25, 0.3) is 0 Å². The van der Waals surface area contributed by atoms with E-state index in [4.69, 9.17) is 4.74 Å². The van der Waals surface area contributed by atoms with Gasteiger partial charge in [0, 0.05) is 25.2 Å². The van der Waals surface area contributed by atoms with Crippen molar-refractivity contribution in [2.45, 2.75) is 70.2 Å². The van der Waals surface area contributed by atoms with E-state index in [9.17, 15) is 0 Å². The van der Waals surface area contributed by atoms with E-state index in [1.54, 1.807) is 0 Å². The second kappa shape index (κ2) is 6.17. The number of nitrogens with zero attached hydrogens (tertiary/aromatic N) is 1. The molecular weight excluding hydrogens is 212 g/mol. The summed E-state index contributed by atoms with van der Waals surface area (Å²) < 4.78 is 5.85. The van der Waals surface area contributed by atoms with E-state index >= 15 is 0 Å². The first-order valence-corrected chi connectivity index (χ1v) is 7.27. The fraction of sp³-hybridized carbons (Fsp3) is 1.00. The standard InChI is InChI=1S/C14H28N2O/c1-11-9-16(10-12(2)17-11)14-8-6-4-5-7-13(14)15-3/h11-15H,4-10H2,1-3H3/t11-,12+,13?,14?. The summed E-state index contributed by atoms with van der Waals surface area (Å²) in [7, 11) is 2.12. The molecule has 2 rings (SSSR count). The Morgan fingerprint density at radius 2 is 1.65 bits per heavy atom. The van der Waals surface area contributed by atoms with Crippen LogP contribution < -0.4 is 5.32 Å². The first-order chi connectivity index (χ1) is 8.20. The normalized spacial score (nSPS) is 41.1. The zero-order valence-electron chi connectivity index (χ0n) is 11.6. The maximum Gasteiger partial charge on any atom is 0.0678 e. The van der Waals surface area contributed by atoms with Crippen molar-refractivity contribution >= 4 is 0 Å². The summed E-state index contributed by atoms with van der Waals surface area (Å²) in [6, 6.07) is 1.39. The summed E-state index contributed by atoms with van der Waals surface area (Å²) in [5.41, 5.74) is 0. The van der Waals surface area contributed by atoms with Crippen LogP contribution in [0.2, 0.25) is 0 Å². The molecule has 2 fully saturated rings. The maximum absolute atomic E-state index is 5.85. The third-order valence-corrected chi connectivity index (χ3v) is 4.27. The number of morpholine rings is 1. The maximum atomic E-state index is 5.85. The van der Waals surface area contributed by atoms with E-state index in [1.165, 1.54) is 32.1 Å². The van der Waals surface area contributed by atoms with Gasteiger partial charge in [0.1, 0.15) is 0 Å². The summed E-state index contributed by atoms with van der Waals surface area (Å²) in [4.78, 5) is 2.67. The average Bonchev–Trinajstić information content (AvgIpc) is 2.52. The van der Waals surface area contributed by atoms with Gasteiger partial charge < -0.3 is 10.1 Å². The Kier molecular flexibility index (Phi) is 4.83. The molecule has 0 aromatic rings. The molecule has 0 bridgehead atoms. The van der Waals surface area contributed by atoms with Gasteiger partial charge in [-0.1, -0.05) is 19.3 Å². The molecule has 1 aliphatic carbocycles. The lowest BCUT2D eigenvalue weighted by Gasteiger charge is -2.42. The zero-order valence-corrected chi connectivity index (χ0v) is 11.6. The predicted octanol–water partition coefficient (Wildman–Crippen LogP) is 2.02. The van der Waals surface area contributed by atoms with Crippen LogP contribution in [0, 0.1) is 0 Å². The number of hydrogen-bond donors (Lipinski definition) is 1. The van der Waals surface area contributed by atoms with E-state index in [-0.39, 0.29) is 0 Å². The Morgan fingerprint density at radius 1 is 1.00 bits per heavy atom. The topological polar surface area (TPSA) is 24.5 Å². The van der Waals surface area contributed by atoms with Gasteiger partial charge in [-0.05, 0) is 33.7 Å². The summed E-state index contributed by atoms with van der Waals surface area (Å²) in [5.74, 6) is 0. The van der Waals surface area contributed by atoms with Crippen LogP contribution in [0.5, 0.6) is 0 Å². The minimum Gasteiger partial charge on any atom is -0.373 e. The Bertz CT molecular complexity index is 224. The van der Waals surface area contributed by atoms with Crippen LogP contribution in [0.15, 0.2) is 0 Å².